The number of halogens is 1. The highest BCUT2D eigenvalue weighted by Gasteiger charge is 2.17. The van der Waals surface area contributed by atoms with Crippen molar-refractivity contribution in [2.75, 3.05) is 14.2 Å². The molecule has 0 aromatic heterocycles. The smallest absolute Gasteiger partial charge is 0.227 e. The highest BCUT2D eigenvalue weighted by Crippen LogP contribution is 2.22. The molecule has 0 saturated carbocycles. The second kappa shape index (κ2) is 7.32. The summed E-state index contributed by atoms with van der Waals surface area (Å²) in [5.41, 5.74) is 2.04. The van der Waals surface area contributed by atoms with E-state index in [9.17, 15) is 4.79 Å². The van der Waals surface area contributed by atoms with E-state index >= 15 is 0 Å². The predicted octanol–water partition coefficient (Wildman–Crippen LogP) is 4.11. The normalized spacial score (nSPS) is 11.8. The number of amides is 1. The average molecular weight is 318 g/mol. The molecule has 0 heterocycles. The number of carbonyl (C=O) groups is 1. The lowest BCUT2D eigenvalue weighted by atomic mass is 10.1. The molecule has 0 N–H and O–H groups in total. The van der Waals surface area contributed by atoms with Crippen LogP contribution in [0.25, 0.3) is 0 Å². The lowest BCUT2D eigenvalue weighted by Crippen LogP contribution is -2.30. The fourth-order valence-electron chi connectivity index (χ4n) is 2.22. The minimum atomic E-state index is 0.00279. The molecule has 1 atom stereocenters. The van der Waals surface area contributed by atoms with Gasteiger partial charge in [0.25, 0.3) is 0 Å². The number of ether oxygens (including phenoxy) is 1. The Bertz CT molecular complexity index is 623. The van der Waals surface area contributed by atoms with Crippen molar-refractivity contribution >= 4 is 17.5 Å². The summed E-state index contributed by atoms with van der Waals surface area (Å²) in [4.78, 5) is 14.2. The Morgan fingerprint density at radius 2 is 1.73 bits per heavy atom. The van der Waals surface area contributed by atoms with Crippen molar-refractivity contribution in [2.24, 2.45) is 0 Å². The van der Waals surface area contributed by atoms with E-state index in [2.05, 4.69) is 0 Å². The van der Waals surface area contributed by atoms with Gasteiger partial charge in [-0.05, 0) is 42.3 Å². The molecule has 4 heteroatoms. The molecule has 0 bridgehead atoms. The van der Waals surface area contributed by atoms with Gasteiger partial charge in [0, 0.05) is 12.1 Å². The van der Waals surface area contributed by atoms with Crippen LogP contribution in [0.4, 0.5) is 0 Å². The van der Waals surface area contributed by atoms with E-state index in [1.807, 2.05) is 62.5 Å². The van der Waals surface area contributed by atoms with E-state index in [0.29, 0.717) is 11.4 Å². The largest absolute Gasteiger partial charge is 0.497 e. The van der Waals surface area contributed by atoms with Gasteiger partial charge in [-0.1, -0.05) is 35.9 Å². The van der Waals surface area contributed by atoms with E-state index in [1.165, 1.54) is 0 Å². The molecule has 0 radical (unpaired) electrons. The summed E-state index contributed by atoms with van der Waals surface area (Å²) in [5, 5.41) is 0.697. The molecule has 22 heavy (non-hydrogen) atoms. The molecule has 1 unspecified atom stereocenters. The van der Waals surface area contributed by atoms with Crippen molar-refractivity contribution in [2.45, 2.75) is 19.4 Å². The van der Waals surface area contributed by atoms with Gasteiger partial charge in [0.2, 0.25) is 5.91 Å². The fraction of sp³-hybridized carbons (Fsp3) is 0.278. The Kier molecular flexibility index (Phi) is 5.45. The average Bonchev–Trinajstić information content (AvgIpc) is 2.55. The highest BCUT2D eigenvalue weighted by molar-refractivity contribution is 6.30. The van der Waals surface area contributed by atoms with Crippen LogP contribution >= 0.6 is 11.6 Å². The van der Waals surface area contributed by atoms with Gasteiger partial charge in [0.05, 0.1) is 19.6 Å². The standard InChI is InChI=1S/C18H20ClNO2/c1-13(15-6-8-16(19)9-7-15)20(2)18(21)12-14-4-10-17(22-3)11-5-14/h4-11,13H,12H2,1-3H3. The summed E-state index contributed by atoms with van der Waals surface area (Å²) in [6, 6.07) is 15.1. The number of benzene rings is 2. The van der Waals surface area contributed by atoms with Crippen LogP contribution in [-0.2, 0) is 11.2 Å². The minimum absolute atomic E-state index is 0.00279. The van der Waals surface area contributed by atoms with Gasteiger partial charge >= 0.3 is 0 Å². The summed E-state index contributed by atoms with van der Waals surface area (Å²) in [7, 11) is 3.45. The van der Waals surface area contributed by atoms with Crippen molar-refractivity contribution in [3.63, 3.8) is 0 Å². The zero-order valence-electron chi connectivity index (χ0n) is 13.0. The van der Waals surface area contributed by atoms with Crippen molar-refractivity contribution in [3.8, 4) is 5.75 Å². The zero-order chi connectivity index (χ0) is 16.1. The van der Waals surface area contributed by atoms with Crippen LogP contribution in [0.1, 0.15) is 24.1 Å². The quantitative estimate of drug-likeness (QED) is 0.830. The van der Waals surface area contributed by atoms with E-state index < -0.39 is 0 Å². The number of carbonyl (C=O) groups excluding carboxylic acids is 1. The maximum atomic E-state index is 12.4. The summed E-state index contributed by atoms with van der Waals surface area (Å²) >= 11 is 5.90. The van der Waals surface area contributed by atoms with E-state index in [0.717, 1.165) is 16.9 Å². The van der Waals surface area contributed by atoms with Gasteiger partial charge in [0.15, 0.2) is 0 Å². The third-order valence-corrected chi connectivity index (χ3v) is 4.09. The van der Waals surface area contributed by atoms with Crippen LogP contribution in [-0.4, -0.2) is 25.0 Å². The Morgan fingerprint density at radius 1 is 1.14 bits per heavy atom. The number of methoxy groups -OCH3 is 1. The summed E-state index contributed by atoms with van der Waals surface area (Å²) in [6.07, 6.45) is 0.373. The third kappa shape index (κ3) is 4.01. The van der Waals surface area contributed by atoms with Gasteiger partial charge in [-0.2, -0.15) is 0 Å². The molecule has 0 aliphatic carbocycles. The molecule has 116 valence electrons. The maximum absolute atomic E-state index is 12.4. The molecule has 2 rings (SSSR count). The molecule has 0 spiro atoms. The van der Waals surface area contributed by atoms with Crippen LogP contribution in [0.15, 0.2) is 48.5 Å². The second-order valence-electron chi connectivity index (χ2n) is 5.26. The lowest BCUT2D eigenvalue weighted by molar-refractivity contribution is -0.131. The van der Waals surface area contributed by atoms with Crippen molar-refractivity contribution in [3.05, 3.63) is 64.7 Å². The van der Waals surface area contributed by atoms with Gasteiger partial charge < -0.3 is 9.64 Å². The number of hydrogen-bond donors (Lipinski definition) is 0. The fourth-order valence-corrected chi connectivity index (χ4v) is 2.35. The Balaban J connectivity index is 2.02. The monoisotopic (exact) mass is 317 g/mol. The van der Waals surface area contributed by atoms with Gasteiger partial charge in [-0.3, -0.25) is 4.79 Å². The number of likely N-dealkylation sites (N-methyl/N-ethyl adjacent to an activating group) is 1. The summed E-state index contributed by atoms with van der Waals surface area (Å²) in [6.45, 7) is 2.01. The molecule has 0 aliphatic rings. The van der Waals surface area contributed by atoms with Crippen molar-refractivity contribution < 1.29 is 9.53 Å². The van der Waals surface area contributed by atoms with Crippen molar-refractivity contribution in [1.82, 2.24) is 4.90 Å². The summed E-state index contributed by atoms with van der Waals surface area (Å²) in [5.74, 6) is 0.867. The minimum Gasteiger partial charge on any atom is -0.497 e. The second-order valence-corrected chi connectivity index (χ2v) is 5.69. The lowest BCUT2D eigenvalue weighted by Gasteiger charge is -2.25. The van der Waals surface area contributed by atoms with E-state index in [-0.39, 0.29) is 11.9 Å². The van der Waals surface area contributed by atoms with Crippen LogP contribution in [0, 0.1) is 0 Å². The molecule has 0 aliphatic heterocycles. The first-order chi connectivity index (χ1) is 10.5. The molecule has 2 aromatic carbocycles. The van der Waals surface area contributed by atoms with Gasteiger partial charge in [-0.25, -0.2) is 0 Å². The van der Waals surface area contributed by atoms with E-state index in [1.54, 1.807) is 12.0 Å². The number of hydrogen-bond acceptors (Lipinski definition) is 2. The highest BCUT2D eigenvalue weighted by atomic mass is 35.5. The topological polar surface area (TPSA) is 29.5 Å². The molecule has 1 amide bonds. The van der Waals surface area contributed by atoms with E-state index in [4.69, 9.17) is 16.3 Å². The molecule has 2 aromatic rings. The van der Waals surface area contributed by atoms with Crippen LogP contribution in [0.2, 0.25) is 5.02 Å². The summed E-state index contributed by atoms with van der Waals surface area (Å²) < 4.78 is 5.12. The molecule has 0 saturated heterocycles. The first-order valence-corrected chi connectivity index (χ1v) is 7.53. The Morgan fingerprint density at radius 3 is 2.27 bits per heavy atom. The molecular weight excluding hydrogens is 298 g/mol. The number of rotatable bonds is 5. The molecular formula is C18H20ClNO2. The van der Waals surface area contributed by atoms with Crippen LogP contribution in [0.3, 0.4) is 0 Å². The zero-order valence-corrected chi connectivity index (χ0v) is 13.8. The first kappa shape index (κ1) is 16.4. The predicted molar refractivity (Wildman–Crippen MR) is 89.3 cm³/mol. The van der Waals surface area contributed by atoms with Gasteiger partial charge in [-0.15, -0.1) is 0 Å². The van der Waals surface area contributed by atoms with Crippen LogP contribution in [0.5, 0.6) is 5.75 Å². The SMILES string of the molecule is COc1ccc(CC(=O)N(C)C(C)c2ccc(Cl)cc2)cc1. The first-order valence-electron chi connectivity index (χ1n) is 7.15. The maximum Gasteiger partial charge on any atom is 0.227 e. The van der Waals surface area contributed by atoms with Crippen LogP contribution < -0.4 is 4.74 Å². The molecule has 3 nitrogen and oxygen atoms in total. The number of nitrogens with zero attached hydrogens (tertiary/aromatic N) is 1. The molecule has 0 fully saturated rings. The Hall–Kier alpha value is -2.00. The third-order valence-electron chi connectivity index (χ3n) is 3.84. The Labute approximate surface area is 136 Å². The van der Waals surface area contributed by atoms with Gasteiger partial charge in [0.1, 0.15) is 5.75 Å². The van der Waals surface area contributed by atoms with Crippen molar-refractivity contribution in [1.29, 1.82) is 0 Å².